The summed E-state index contributed by atoms with van der Waals surface area (Å²) >= 11 is 5.77. The molecule has 0 fully saturated rings. The summed E-state index contributed by atoms with van der Waals surface area (Å²) in [5, 5.41) is 2.03. The highest BCUT2D eigenvalue weighted by Gasteiger charge is 2.28. The second-order valence-electron chi connectivity index (χ2n) is 6.59. The maximum Gasteiger partial charge on any atom is 0.131 e. The normalized spacial score (nSPS) is 13.5. The van der Waals surface area contributed by atoms with Crippen molar-refractivity contribution in [2.75, 3.05) is 17.0 Å². The second-order valence-corrected chi connectivity index (χ2v) is 6.97. The van der Waals surface area contributed by atoms with Crippen molar-refractivity contribution in [3.8, 4) is 0 Å². The van der Waals surface area contributed by atoms with Crippen LogP contribution in [0.4, 0.5) is 17.1 Å². The SMILES string of the molecule is Cc1ccc(N2CN(Nc3ccccc3)C(=S)c3ccccc32)c(C)c1. The van der Waals surface area contributed by atoms with E-state index in [9.17, 15) is 0 Å². The standard InChI is InChI=1S/C22H21N3S/c1-16-12-13-20(17(2)14-16)24-15-25(23-18-8-4-3-5-9-18)22(26)19-10-6-7-11-21(19)24/h3-14,23H,15H2,1-2H3. The summed E-state index contributed by atoms with van der Waals surface area (Å²) in [7, 11) is 0. The molecule has 0 radical (unpaired) electrons. The third kappa shape index (κ3) is 3.04. The van der Waals surface area contributed by atoms with Crippen LogP contribution in [0.1, 0.15) is 16.7 Å². The largest absolute Gasteiger partial charge is 0.320 e. The molecule has 0 saturated heterocycles. The van der Waals surface area contributed by atoms with Gasteiger partial charge in [0.25, 0.3) is 0 Å². The van der Waals surface area contributed by atoms with E-state index in [0.29, 0.717) is 6.67 Å². The zero-order valence-electron chi connectivity index (χ0n) is 14.9. The Morgan fingerprint density at radius 2 is 1.58 bits per heavy atom. The average Bonchev–Trinajstić information content (AvgIpc) is 2.65. The maximum absolute atomic E-state index is 5.77. The molecule has 4 rings (SSSR count). The zero-order valence-corrected chi connectivity index (χ0v) is 15.8. The van der Waals surface area contributed by atoms with Gasteiger partial charge in [-0.15, -0.1) is 0 Å². The van der Waals surface area contributed by atoms with Crippen molar-refractivity contribution in [3.63, 3.8) is 0 Å². The van der Waals surface area contributed by atoms with Gasteiger partial charge in [-0.2, -0.15) is 0 Å². The summed E-state index contributed by atoms with van der Waals surface area (Å²) < 4.78 is 0. The van der Waals surface area contributed by atoms with Crippen molar-refractivity contribution >= 4 is 34.3 Å². The fourth-order valence-electron chi connectivity index (χ4n) is 3.39. The number of anilines is 3. The second kappa shape index (κ2) is 6.81. The molecule has 1 heterocycles. The van der Waals surface area contributed by atoms with Crippen LogP contribution in [0, 0.1) is 13.8 Å². The molecule has 0 bridgehead atoms. The molecule has 1 aliphatic heterocycles. The minimum absolute atomic E-state index is 0.647. The van der Waals surface area contributed by atoms with E-state index in [1.807, 2.05) is 41.4 Å². The van der Waals surface area contributed by atoms with Crippen LogP contribution in [-0.2, 0) is 0 Å². The first kappa shape index (κ1) is 16.6. The summed E-state index contributed by atoms with van der Waals surface area (Å²) in [5.41, 5.74) is 10.4. The number of benzene rings is 3. The highest BCUT2D eigenvalue weighted by atomic mass is 32.1. The predicted molar refractivity (Wildman–Crippen MR) is 113 cm³/mol. The molecule has 0 atom stereocenters. The van der Waals surface area contributed by atoms with Gasteiger partial charge in [0, 0.05) is 11.3 Å². The van der Waals surface area contributed by atoms with Gasteiger partial charge < -0.3 is 4.90 Å². The Morgan fingerprint density at radius 1 is 0.846 bits per heavy atom. The highest BCUT2D eigenvalue weighted by molar-refractivity contribution is 7.80. The topological polar surface area (TPSA) is 18.5 Å². The van der Waals surface area contributed by atoms with E-state index in [1.54, 1.807) is 0 Å². The summed E-state index contributed by atoms with van der Waals surface area (Å²) in [4.78, 5) is 3.13. The Bertz CT molecular complexity index is 953. The Kier molecular flexibility index (Phi) is 4.35. The van der Waals surface area contributed by atoms with Crippen LogP contribution in [-0.4, -0.2) is 16.7 Å². The average molecular weight is 359 g/mol. The zero-order chi connectivity index (χ0) is 18.1. The minimum atomic E-state index is 0.647. The molecule has 130 valence electrons. The number of nitrogens with one attached hydrogen (secondary N) is 1. The first-order valence-electron chi connectivity index (χ1n) is 8.71. The number of para-hydroxylation sites is 2. The van der Waals surface area contributed by atoms with Crippen molar-refractivity contribution in [1.29, 1.82) is 0 Å². The predicted octanol–water partition coefficient (Wildman–Crippen LogP) is 5.42. The van der Waals surface area contributed by atoms with Crippen molar-refractivity contribution in [3.05, 3.63) is 89.5 Å². The van der Waals surface area contributed by atoms with Crippen molar-refractivity contribution < 1.29 is 0 Å². The third-order valence-corrected chi connectivity index (χ3v) is 5.07. The fourth-order valence-corrected chi connectivity index (χ4v) is 3.66. The molecule has 4 heteroatoms. The minimum Gasteiger partial charge on any atom is -0.320 e. The molecule has 26 heavy (non-hydrogen) atoms. The molecular formula is C22H21N3S. The van der Waals surface area contributed by atoms with Gasteiger partial charge in [-0.25, -0.2) is 0 Å². The van der Waals surface area contributed by atoms with Crippen LogP contribution in [0.25, 0.3) is 0 Å². The Balaban J connectivity index is 1.76. The van der Waals surface area contributed by atoms with Gasteiger partial charge in [0.15, 0.2) is 0 Å². The van der Waals surface area contributed by atoms with Gasteiger partial charge >= 0.3 is 0 Å². The summed E-state index contributed by atoms with van der Waals surface area (Å²) in [6.07, 6.45) is 0. The molecule has 1 aliphatic rings. The first-order valence-corrected chi connectivity index (χ1v) is 9.12. The number of hydrogen-bond acceptors (Lipinski definition) is 3. The summed E-state index contributed by atoms with van der Waals surface area (Å²) in [5.74, 6) is 0. The Hall–Kier alpha value is -2.85. The van der Waals surface area contributed by atoms with Crippen LogP contribution in [0.5, 0.6) is 0 Å². The number of fused-ring (bicyclic) bond motifs is 1. The quantitative estimate of drug-likeness (QED) is 0.629. The number of hydrogen-bond donors (Lipinski definition) is 1. The lowest BCUT2D eigenvalue weighted by atomic mass is 10.1. The van der Waals surface area contributed by atoms with Gasteiger partial charge in [-0.05, 0) is 49.7 Å². The molecule has 3 nitrogen and oxygen atoms in total. The third-order valence-electron chi connectivity index (χ3n) is 4.63. The van der Waals surface area contributed by atoms with Crippen molar-refractivity contribution in [2.45, 2.75) is 13.8 Å². The molecule has 0 saturated carbocycles. The van der Waals surface area contributed by atoms with Gasteiger partial charge in [-0.3, -0.25) is 10.4 Å². The molecular weight excluding hydrogens is 338 g/mol. The van der Waals surface area contributed by atoms with Gasteiger partial charge in [0.05, 0.1) is 11.4 Å². The van der Waals surface area contributed by atoms with E-state index < -0.39 is 0 Å². The number of thiocarbonyl (C=S) groups is 1. The van der Waals surface area contributed by atoms with E-state index in [0.717, 1.165) is 21.9 Å². The molecule has 1 N–H and O–H groups in total. The highest BCUT2D eigenvalue weighted by Crippen LogP contribution is 2.35. The molecule has 0 spiro atoms. The van der Waals surface area contributed by atoms with Gasteiger partial charge in [0.2, 0.25) is 0 Å². The molecule has 0 aliphatic carbocycles. The molecule has 3 aromatic rings. The number of nitrogens with zero attached hydrogens (tertiary/aromatic N) is 2. The number of hydrazine groups is 1. The van der Waals surface area contributed by atoms with Gasteiger partial charge in [0.1, 0.15) is 11.7 Å². The summed E-state index contributed by atoms with van der Waals surface area (Å²) in [6, 6.07) is 25.1. The van der Waals surface area contributed by atoms with Crippen molar-refractivity contribution in [1.82, 2.24) is 5.01 Å². The maximum atomic E-state index is 5.77. The monoisotopic (exact) mass is 359 g/mol. The van der Waals surface area contributed by atoms with Crippen LogP contribution < -0.4 is 10.3 Å². The number of rotatable bonds is 3. The smallest absolute Gasteiger partial charge is 0.131 e. The Morgan fingerprint density at radius 3 is 2.35 bits per heavy atom. The van der Waals surface area contributed by atoms with E-state index >= 15 is 0 Å². The van der Waals surface area contributed by atoms with E-state index in [-0.39, 0.29) is 0 Å². The van der Waals surface area contributed by atoms with Crippen LogP contribution in [0.2, 0.25) is 0 Å². The molecule has 3 aromatic carbocycles. The van der Waals surface area contributed by atoms with E-state index in [4.69, 9.17) is 12.2 Å². The van der Waals surface area contributed by atoms with Crippen LogP contribution in [0.15, 0.2) is 72.8 Å². The fraction of sp³-hybridized carbons (Fsp3) is 0.136. The van der Waals surface area contributed by atoms with E-state index in [2.05, 4.69) is 60.6 Å². The first-order chi connectivity index (χ1) is 12.6. The van der Waals surface area contributed by atoms with Crippen LogP contribution >= 0.6 is 12.2 Å². The summed E-state index contributed by atoms with van der Waals surface area (Å²) in [6.45, 7) is 4.93. The lowest BCUT2D eigenvalue weighted by Gasteiger charge is -2.40. The van der Waals surface area contributed by atoms with Crippen molar-refractivity contribution in [2.24, 2.45) is 0 Å². The van der Waals surface area contributed by atoms with Gasteiger partial charge in [-0.1, -0.05) is 60.2 Å². The lowest BCUT2D eigenvalue weighted by molar-refractivity contribution is 0.505. The molecule has 0 unspecified atom stereocenters. The lowest BCUT2D eigenvalue weighted by Crippen LogP contribution is -2.47. The number of aryl methyl sites for hydroxylation is 2. The van der Waals surface area contributed by atoms with E-state index in [1.165, 1.54) is 16.8 Å². The van der Waals surface area contributed by atoms with Crippen LogP contribution in [0.3, 0.4) is 0 Å². The Labute approximate surface area is 159 Å². The molecule has 0 amide bonds. The molecule has 0 aromatic heterocycles.